The maximum absolute atomic E-state index is 10.4. The van der Waals surface area contributed by atoms with Gasteiger partial charge in [-0.1, -0.05) is 30.3 Å². The summed E-state index contributed by atoms with van der Waals surface area (Å²) in [6, 6.07) is 6.38. The molecular formula is C24H46N6O8S. The van der Waals surface area contributed by atoms with Gasteiger partial charge in [0.1, 0.15) is 24.2 Å². The zero-order valence-electron chi connectivity index (χ0n) is 22.4. The summed E-state index contributed by atoms with van der Waals surface area (Å²) in [5.41, 5.74) is 32.0. The van der Waals surface area contributed by atoms with Crippen LogP contribution in [0.25, 0.3) is 0 Å². The molecule has 0 aromatic heterocycles. The van der Waals surface area contributed by atoms with E-state index in [-0.39, 0.29) is 0 Å². The Hall–Kier alpha value is -2.79. The monoisotopic (exact) mass is 578 g/mol. The number of thioether (sulfide) groups is 1. The van der Waals surface area contributed by atoms with Gasteiger partial charge in [0.2, 0.25) is 0 Å². The Labute approximate surface area is 233 Å². The van der Waals surface area contributed by atoms with Crippen LogP contribution < -0.4 is 34.4 Å². The van der Waals surface area contributed by atoms with Crippen LogP contribution in [0.4, 0.5) is 0 Å². The molecule has 226 valence electrons. The Bertz CT molecular complexity index is 734. The fraction of sp³-hybridized carbons (Fsp3) is 0.583. The first-order valence-electron chi connectivity index (χ1n) is 12.1. The minimum atomic E-state index is -0.959. The van der Waals surface area contributed by atoms with E-state index in [1.165, 1.54) is 0 Å². The number of hydrogen-bond acceptors (Lipinski definition) is 11. The Morgan fingerprint density at radius 2 is 1.03 bits per heavy atom. The van der Waals surface area contributed by atoms with Crippen molar-refractivity contribution >= 4 is 35.6 Å². The van der Waals surface area contributed by atoms with E-state index in [4.69, 9.17) is 54.8 Å². The summed E-state index contributed by atoms with van der Waals surface area (Å²) in [5, 5.41) is 33.3. The molecular weight excluding hydrogens is 532 g/mol. The van der Waals surface area contributed by atoms with Crippen molar-refractivity contribution in [3.05, 3.63) is 35.9 Å². The molecule has 14 nitrogen and oxygen atoms in total. The third kappa shape index (κ3) is 28.0. The lowest BCUT2D eigenvalue weighted by Gasteiger charge is -2.04. The Morgan fingerprint density at radius 1 is 0.667 bits per heavy atom. The van der Waals surface area contributed by atoms with Gasteiger partial charge in [-0.25, -0.2) is 0 Å². The fourth-order valence-electron chi connectivity index (χ4n) is 2.25. The maximum atomic E-state index is 10.4. The third-order valence-electron chi connectivity index (χ3n) is 4.64. The van der Waals surface area contributed by atoms with Crippen LogP contribution in [0.15, 0.2) is 30.3 Å². The molecule has 15 heteroatoms. The molecule has 4 atom stereocenters. The van der Waals surface area contributed by atoms with Crippen molar-refractivity contribution in [3.8, 4) is 0 Å². The molecule has 0 saturated carbocycles. The average Bonchev–Trinajstić information content (AvgIpc) is 2.90. The highest BCUT2D eigenvalue weighted by molar-refractivity contribution is 7.98. The van der Waals surface area contributed by atoms with E-state index in [0.717, 1.165) is 11.3 Å². The summed E-state index contributed by atoms with van der Waals surface area (Å²) in [6.45, 7) is 1.00. The zero-order valence-corrected chi connectivity index (χ0v) is 23.2. The first kappa shape index (κ1) is 40.7. The molecule has 0 amide bonds. The molecule has 0 heterocycles. The van der Waals surface area contributed by atoms with Crippen LogP contribution in [0.5, 0.6) is 0 Å². The van der Waals surface area contributed by atoms with Crippen LogP contribution in [-0.2, 0) is 25.6 Å². The SMILES string of the molecule is CSCCC(N)C(=O)O.NC(Cc1ccccc1)C(=O)O.NCCCC(N)C(=O)O.NCCCC(N)C(=O)O. The van der Waals surface area contributed by atoms with Crippen molar-refractivity contribution < 1.29 is 39.6 Å². The molecule has 1 aromatic rings. The lowest BCUT2D eigenvalue weighted by molar-refractivity contribution is -0.139. The van der Waals surface area contributed by atoms with Crippen LogP contribution in [-0.4, -0.2) is 93.6 Å². The topological polar surface area (TPSA) is 305 Å². The second kappa shape index (κ2) is 26.8. The molecule has 4 unspecified atom stereocenters. The number of carboxylic acid groups (broad SMARTS) is 4. The van der Waals surface area contributed by atoms with Gasteiger partial charge in [0.15, 0.2) is 0 Å². The average molecular weight is 579 g/mol. The van der Waals surface area contributed by atoms with Crippen molar-refractivity contribution in [1.29, 1.82) is 0 Å². The van der Waals surface area contributed by atoms with Crippen LogP contribution in [0.3, 0.4) is 0 Å². The second-order valence-electron chi connectivity index (χ2n) is 8.11. The molecule has 1 aromatic carbocycles. The summed E-state index contributed by atoms with van der Waals surface area (Å²) in [5.74, 6) is -2.97. The molecule has 0 aliphatic rings. The lowest BCUT2D eigenvalue weighted by Crippen LogP contribution is -2.32. The highest BCUT2D eigenvalue weighted by atomic mass is 32.2. The number of hydrogen-bond donors (Lipinski definition) is 10. The van der Waals surface area contributed by atoms with Gasteiger partial charge >= 0.3 is 23.9 Å². The Morgan fingerprint density at radius 3 is 1.33 bits per heavy atom. The summed E-state index contributed by atoms with van der Waals surface area (Å²) < 4.78 is 0. The highest BCUT2D eigenvalue weighted by Gasteiger charge is 2.11. The Kier molecular flexibility index (Phi) is 28.0. The van der Waals surface area contributed by atoms with Crippen LogP contribution in [0.2, 0.25) is 0 Å². The first-order valence-corrected chi connectivity index (χ1v) is 13.5. The van der Waals surface area contributed by atoms with Crippen molar-refractivity contribution in [2.75, 3.05) is 25.1 Å². The van der Waals surface area contributed by atoms with Crippen LogP contribution in [0.1, 0.15) is 37.7 Å². The number of benzene rings is 1. The normalized spacial score (nSPS) is 12.9. The van der Waals surface area contributed by atoms with Gasteiger partial charge in [0.25, 0.3) is 0 Å². The number of carboxylic acids is 4. The van der Waals surface area contributed by atoms with Crippen molar-refractivity contribution in [2.24, 2.45) is 34.4 Å². The van der Waals surface area contributed by atoms with Crippen molar-refractivity contribution in [3.63, 3.8) is 0 Å². The third-order valence-corrected chi connectivity index (χ3v) is 5.28. The van der Waals surface area contributed by atoms with E-state index in [0.29, 0.717) is 51.6 Å². The lowest BCUT2D eigenvalue weighted by atomic mass is 10.1. The van der Waals surface area contributed by atoms with E-state index in [9.17, 15) is 19.2 Å². The molecule has 0 saturated heterocycles. The maximum Gasteiger partial charge on any atom is 0.320 e. The standard InChI is InChI=1S/C9H11NO2.2C5H12N2O2.C5H11NO2S/c10-8(9(11)12)6-7-4-2-1-3-5-7;2*6-3-1-2-4(7)5(8)9;1-9-3-2-4(6)5(7)8/h1-5,8H,6,10H2,(H,11,12);2*4H,1-3,6-7H2,(H,8,9);4H,2-3,6H2,1H3,(H,7,8). The van der Waals surface area contributed by atoms with E-state index in [1.54, 1.807) is 11.8 Å². The van der Waals surface area contributed by atoms with Crippen molar-refractivity contribution in [2.45, 2.75) is 62.7 Å². The fourth-order valence-corrected chi connectivity index (χ4v) is 2.74. The predicted octanol–water partition coefficient (Wildman–Crippen LogP) is -0.933. The van der Waals surface area contributed by atoms with E-state index >= 15 is 0 Å². The van der Waals surface area contributed by atoms with E-state index in [1.807, 2.05) is 36.6 Å². The van der Waals surface area contributed by atoms with Gasteiger partial charge in [-0.2, -0.15) is 11.8 Å². The van der Waals surface area contributed by atoms with Gasteiger partial charge < -0.3 is 54.8 Å². The van der Waals surface area contributed by atoms with Gasteiger partial charge in [-0.05, 0) is 69.2 Å². The van der Waals surface area contributed by atoms with Crippen LogP contribution in [0, 0.1) is 0 Å². The van der Waals surface area contributed by atoms with Gasteiger partial charge in [-0.3, -0.25) is 19.2 Å². The van der Waals surface area contributed by atoms with E-state index in [2.05, 4.69) is 0 Å². The summed E-state index contributed by atoms with van der Waals surface area (Å²) in [6.07, 6.45) is 5.14. The quantitative estimate of drug-likeness (QED) is 0.120. The molecule has 39 heavy (non-hydrogen) atoms. The first-order chi connectivity index (χ1) is 18.2. The predicted molar refractivity (Wildman–Crippen MR) is 152 cm³/mol. The van der Waals surface area contributed by atoms with E-state index < -0.39 is 48.0 Å². The minimum absolute atomic E-state index is 0.385. The molecule has 0 radical (unpaired) electrons. The molecule has 16 N–H and O–H groups in total. The molecule has 0 fully saturated rings. The number of aliphatic carboxylic acids is 4. The largest absolute Gasteiger partial charge is 0.480 e. The number of rotatable bonds is 15. The van der Waals surface area contributed by atoms with Gasteiger partial charge in [0, 0.05) is 0 Å². The van der Waals surface area contributed by atoms with Crippen LogP contribution >= 0.6 is 11.8 Å². The van der Waals surface area contributed by atoms with Gasteiger partial charge in [0.05, 0.1) is 0 Å². The molecule has 1 rings (SSSR count). The van der Waals surface area contributed by atoms with Gasteiger partial charge in [-0.15, -0.1) is 0 Å². The molecule has 0 bridgehead atoms. The molecule has 0 aliphatic carbocycles. The minimum Gasteiger partial charge on any atom is -0.480 e. The summed E-state index contributed by atoms with van der Waals surface area (Å²) in [7, 11) is 0. The zero-order chi connectivity index (χ0) is 30.8. The second-order valence-corrected chi connectivity index (χ2v) is 9.10. The number of carbonyl (C=O) groups is 4. The number of nitrogens with two attached hydrogens (primary N) is 6. The molecule has 0 spiro atoms. The highest BCUT2D eigenvalue weighted by Crippen LogP contribution is 2.01. The van der Waals surface area contributed by atoms with Crippen molar-refractivity contribution in [1.82, 2.24) is 0 Å². The summed E-state index contributed by atoms with van der Waals surface area (Å²) >= 11 is 1.60. The summed E-state index contributed by atoms with van der Waals surface area (Å²) in [4.78, 5) is 40.5. The molecule has 0 aliphatic heterocycles. The smallest absolute Gasteiger partial charge is 0.320 e. The Balaban J connectivity index is -0.000000448.